The predicted octanol–water partition coefficient (Wildman–Crippen LogP) is 12.2. The number of aromatic amines is 4. The van der Waals surface area contributed by atoms with Gasteiger partial charge in [-0.3, -0.25) is 0 Å². The second-order valence-electron chi connectivity index (χ2n) is 37.4. The van der Waals surface area contributed by atoms with E-state index in [9.17, 15) is 0 Å². The van der Waals surface area contributed by atoms with Gasteiger partial charge in [0, 0.05) is 145 Å². The predicted molar refractivity (Wildman–Crippen MR) is 493 cm³/mol. The molecule has 0 spiro atoms. The van der Waals surface area contributed by atoms with E-state index in [1.165, 1.54) is 0 Å². The number of ether oxygens (including phenoxy) is 4. The molecule has 4 saturated carbocycles. The van der Waals surface area contributed by atoms with Crippen molar-refractivity contribution in [1.29, 1.82) is 0 Å². The SMILES string of the molecule is CNc1cc(F)c2c3c1[nH]c1nc(Oc4cnc(C)nc4)nc(c13)N1C[C@@H]3C[C@@H]([C@@H]3N)[C@@H]1C2.CNc1cc(F)c2c3c1[nH]c1nc(Oc4cnc(C)nc4)nc(c13)N1C[C@@H]3C[C@@H]([C@H]3N)[C@@H]1C2.CNc1cc(F)c2c3c1[nH]c1nc(Oc4cnc(C)nc4)nc(c13)N1[C@@H](C2)C[C@@H]2[C@H](N)CC[C@@H]21.CNc1cc(F)c2c3c1[nH]c1nc(Oc4cnc(C)nc4)nc(c13)N1[C@@H]3[C@@H](CC[C@@H]3N)[C@@H]1C2. The van der Waals surface area contributed by atoms with E-state index in [2.05, 4.69) is 121 Å². The van der Waals surface area contributed by atoms with Crippen LogP contribution in [0.4, 0.5) is 63.6 Å². The topological polar surface area (TPSA) is 471 Å². The molecule has 12 aromatic heterocycles. The van der Waals surface area contributed by atoms with Gasteiger partial charge >= 0.3 is 24.0 Å². The average Bonchev–Trinajstić information content (AvgIpc) is 1.54. The summed E-state index contributed by atoms with van der Waals surface area (Å²) in [5, 5.41) is 19.2. The van der Waals surface area contributed by atoms with Crippen LogP contribution < -0.4 is 82.7 Å². The number of hydrogen-bond acceptors (Lipinski definition) is 32. The van der Waals surface area contributed by atoms with Crippen molar-refractivity contribution in [3.8, 4) is 47.0 Å². The van der Waals surface area contributed by atoms with E-state index in [1.807, 2.05) is 27.7 Å². The average molecular weight is 1800 g/mol. The van der Waals surface area contributed by atoms with Gasteiger partial charge in [0.1, 0.15) is 92.4 Å². The van der Waals surface area contributed by atoms with Crippen LogP contribution in [-0.2, 0) is 25.7 Å². The summed E-state index contributed by atoms with van der Waals surface area (Å²) in [6.07, 6.45) is 22.3. The fourth-order valence-corrected chi connectivity index (χ4v) is 24.3. The minimum atomic E-state index is -0.215. The number of hydrogen-bond donors (Lipinski definition) is 12. The summed E-state index contributed by atoms with van der Waals surface area (Å²) < 4.78 is 85.4. The number of halogens is 4. The molecule has 0 radical (unpaired) electrons. The van der Waals surface area contributed by atoms with Crippen LogP contribution in [-0.4, -0.2) is 201 Å². The first kappa shape index (κ1) is 80.9. The van der Waals surface area contributed by atoms with Crippen molar-refractivity contribution in [2.45, 2.75) is 159 Å². The Morgan fingerprint density at radius 3 is 1.02 bits per heavy atom. The molecule has 10 fully saturated rings. The van der Waals surface area contributed by atoms with E-state index < -0.39 is 0 Å². The molecule has 14 aliphatic rings. The van der Waals surface area contributed by atoms with Crippen LogP contribution >= 0.6 is 0 Å². The third-order valence-electron chi connectivity index (χ3n) is 30.5. The van der Waals surface area contributed by atoms with Crippen LogP contribution in [0.25, 0.3) is 87.7 Å². The molecular formula is C93H94F4N32O4. The fourth-order valence-electron chi connectivity index (χ4n) is 24.3. The molecule has 678 valence electrons. The number of fused-ring (bicyclic) bond motifs is 9. The molecule has 0 amide bonds. The molecule has 22 heterocycles. The van der Waals surface area contributed by atoms with E-state index in [4.69, 9.17) is 61.8 Å². The second-order valence-corrected chi connectivity index (χ2v) is 37.4. The van der Waals surface area contributed by atoms with Gasteiger partial charge < -0.3 is 103 Å². The third kappa shape index (κ3) is 12.5. The van der Waals surface area contributed by atoms with Crippen molar-refractivity contribution >= 4 is 134 Å². The Morgan fingerprint density at radius 1 is 0.346 bits per heavy atom. The van der Waals surface area contributed by atoms with Gasteiger partial charge in [0.25, 0.3) is 0 Å². The van der Waals surface area contributed by atoms with Crippen LogP contribution in [0, 0.1) is 86.5 Å². The number of aryl methyl sites for hydroxylation is 4. The summed E-state index contributed by atoms with van der Waals surface area (Å²) in [7, 11) is 7.15. The van der Waals surface area contributed by atoms with Gasteiger partial charge in [0.2, 0.25) is 0 Å². The Morgan fingerprint density at radius 2 is 0.669 bits per heavy atom. The quantitative estimate of drug-likeness (QED) is 0.0505. The van der Waals surface area contributed by atoms with Crippen molar-refractivity contribution in [2.75, 3.05) is 82.1 Å². The van der Waals surface area contributed by atoms with Crippen molar-refractivity contribution in [3.05, 3.63) is 143 Å². The standard InChI is InChI=1S/C24H25FN8O.3C23H23FN8O/c1-10-28-8-12(9-29-10)34-24-31-22-20-19-13(15(25)7-17(27-2)21(19)30-22)5-11-6-14-16(26)3-4-18(14)33(11)23(20)32-24;2*1-9-27-6-11(7-28-9)33-23-30-21-18-17-12(14(24)5-15(26-2)20(17)29-21)4-16-13-3-10(19(13)25)8-32(16)22(18)31-23;1-9-27-7-10(8-28-9)33-23-30-21-18-17-12(13(24)6-15(26-2)19(17)29-21)5-16-11-3-4-14(25)20(11)32(16)22(18)31-23/h7-9,11,14,16,18,27H,3-6,26H2,1-2H3,(H,30,31,32);2*5-7,10,13,16,19,26H,3-4,8,25H2,1-2H3,(H,29,30,31);6-8,11,14,16,20,26H,3-5,25H2,1-2H3,(H,29,30,31)/t11-,14+,16+,18-;10-,13+,16-,19+;10-,13+,16-,19-;11-,14-,16-,20+/m0000/s1. The molecule has 4 aliphatic carbocycles. The Balaban J connectivity index is 0.0000000950. The first-order valence-corrected chi connectivity index (χ1v) is 45.5. The lowest BCUT2D eigenvalue weighted by molar-refractivity contribution is 0.0732. The number of nitrogens with two attached hydrogens (primary N) is 4. The van der Waals surface area contributed by atoms with Crippen molar-refractivity contribution in [3.63, 3.8) is 0 Å². The Bertz CT molecular complexity index is 7290. The largest absolute Gasteiger partial charge is 0.421 e. The highest BCUT2D eigenvalue weighted by molar-refractivity contribution is 6.20. The number of piperidine rings is 4. The lowest BCUT2D eigenvalue weighted by atomic mass is 9.62. The van der Waals surface area contributed by atoms with Gasteiger partial charge in [0.05, 0.1) is 122 Å². The smallest absolute Gasteiger partial charge is 0.326 e. The lowest BCUT2D eigenvalue weighted by Gasteiger charge is -2.57. The van der Waals surface area contributed by atoms with Gasteiger partial charge in [-0.25, -0.2) is 57.4 Å². The van der Waals surface area contributed by atoms with Crippen LogP contribution in [0.1, 0.15) is 90.5 Å². The number of anilines is 8. The molecule has 16 atom stereocenters. The van der Waals surface area contributed by atoms with Crippen LogP contribution in [0.5, 0.6) is 47.0 Å². The number of rotatable bonds is 12. The van der Waals surface area contributed by atoms with E-state index in [0.29, 0.717) is 175 Å². The van der Waals surface area contributed by atoms with Crippen LogP contribution in [0.3, 0.4) is 0 Å². The molecule has 0 unspecified atom stereocenters. The Labute approximate surface area is 755 Å². The van der Waals surface area contributed by atoms with E-state index in [-0.39, 0.29) is 108 Å². The lowest BCUT2D eigenvalue weighted by Crippen LogP contribution is -2.67. The maximum absolute atomic E-state index is 15.4. The summed E-state index contributed by atoms with van der Waals surface area (Å²) in [5.74, 6) is 8.97. The summed E-state index contributed by atoms with van der Waals surface area (Å²) in [5.41, 5.74) is 37.3. The monoisotopic (exact) mass is 1800 g/mol. The molecule has 40 heteroatoms. The van der Waals surface area contributed by atoms with E-state index in [1.54, 1.807) is 102 Å². The van der Waals surface area contributed by atoms with Crippen molar-refractivity contribution in [2.24, 2.45) is 58.4 Å². The molecule has 10 aliphatic heterocycles. The zero-order valence-electron chi connectivity index (χ0n) is 73.8. The first-order chi connectivity index (χ1) is 64.6. The molecule has 30 rings (SSSR count). The number of aromatic nitrogens is 20. The maximum atomic E-state index is 15.4. The minimum absolute atomic E-state index is 0.0690. The van der Waals surface area contributed by atoms with Crippen molar-refractivity contribution < 1.29 is 36.5 Å². The summed E-state index contributed by atoms with van der Waals surface area (Å²) >= 11 is 0. The molecule has 16 aromatic rings. The number of H-pyrrole nitrogens is 4. The van der Waals surface area contributed by atoms with Gasteiger partial charge in [-0.15, -0.1) is 0 Å². The number of benzene rings is 4. The third-order valence-corrected chi connectivity index (χ3v) is 30.5. The second kappa shape index (κ2) is 30.2. The van der Waals surface area contributed by atoms with Crippen LogP contribution in [0.2, 0.25) is 0 Å². The fraction of sp³-hybridized carbons (Fsp3) is 0.398. The normalized spacial score (nSPS) is 25.1. The molecule has 4 bridgehead atoms. The summed E-state index contributed by atoms with van der Waals surface area (Å²) in [6, 6.07) is 8.51. The first-order valence-electron chi connectivity index (χ1n) is 45.5. The molecule has 36 nitrogen and oxygen atoms in total. The minimum Gasteiger partial charge on any atom is -0.421 e. The van der Waals surface area contributed by atoms with Gasteiger partial charge in [-0.05, 0) is 152 Å². The van der Waals surface area contributed by atoms with Gasteiger partial charge in [-0.2, -0.15) is 39.9 Å². The zero-order chi connectivity index (χ0) is 90.4. The van der Waals surface area contributed by atoms with Crippen LogP contribution in [0.15, 0.2) is 73.8 Å². The Hall–Kier alpha value is -14.1. The molecule has 133 heavy (non-hydrogen) atoms. The molecule has 4 aromatic carbocycles. The maximum Gasteiger partial charge on any atom is 0.326 e. The highest BCUT2D eigenvalue weighted by Gasteiger charge is 2.58. The number of nitrogens with one attached hydrogen (secondary N) is 8. The van der Waals surface area contributed by atoms with Gasteiger partial charge in [-0.1, -0.05) is 0 Å². The highest BCUT2D eigenvalue weighted by Crippen LogP contribution is 2.58. The van der Waals surface area contributed by atoms with Crippen molar-refractivity contribution in [1.82, 2.24) is 99.7 Å². The summed E-state index contributed by atoms with van der Waals surface area (Å²) in [6.45, 7) is 8.84. The number of nitrogens with zero attached hydrogens (tertiary/aromatic N) is 20. The highest BCUT2D eigenvalue weighted by atomic mass is 19.1. The van der Waals surface area contributed by atoms with Gasteiger partial charge in [0.15, 0.2) is 23.0 Å². The Kier molecular flexibility index (Phi) is 18.4. The van der Waals surface area contributed by atoms with E-state index >= 15 is 17.6 Å². The summed E-state index contributed by atoms with van der Waals surface area (Å²) in [4.78, 5) is 94.5. The molecule has 6 saturated heterocycles. The van der Waals surface area contributed by atoms with E-state index in [0.717, 1.165) is 146 Å². The molecular weight excluding hydrogens is 1710 g/mol. The zero-order valence-corrected chi connectivity index (χ0v) is 73.8. The molecule has 16 N–H and O–H groups in total.